The van der Waals surface area contributed by atoms with Crippen molar-refractivity contribution in [3.05, 3.63) is 65.5 Å². The van der Waals surface area contributed by atoms with Gasteiger partial charge in [-0.1, -0.05) is 13.0 Å². The van der Waals surface area contributed by atoms with Crippen LogP contribution in [0, 0.1) is 12.7 Å². The Morgan fingerprint density at radius 1 is 1.29 bits per heavy atom. The summed E-state index contributed by atoms with van der Waals surface area (Å²) >= 11 is 0. The normalized spacial score (nSPS) is 12.7. The molecule has 4 nitrogen and oxygen atoms in total. The molecule has 2 heterocycles. The first-order valence-corrected chi connectivity index (χ1v) is 6.97. The molecule has 0 aliphatic rings. The molecule has 3 aromatic rings. The van der Waals surface area contributed by atoms with Crippen LogP contribution in [0.25, 0.3) is 5.52 Å². The fourth-order valence-electron chi connectivity index (χ4n) is 2.59. The van der Waals surface area contributed by atoms with Crippen LogP contribution in [0.1, 0.15) is 29.7 Å². The highest BCUT2D eigenvalue weighted by atomic mass is 19.1. The first-order valence-electron chi connectivity index (χ1n) is 6.97. The van der Waals surface area contributed by atoms with Gasteiger partial charge in [-0.25, -0.2) is 8.91 Å². The molecule has 2 aromatic heterocycles. The van der Waals surface area contributed by atoms with Crippen molar-refractivity contribution in [3.8, 4) is 0 Å². The zero-order valence-electron chi connectivity index (χ0n) is 12.0. The van der Waals surface area contributed by atoms with Crippen LogP contribution in [0.2, 0.25) is 0 Å². The van der Waals surface area contributed by atoms with Crippen molar-refractivity contribution >= 4 is 5.52 Å². The lowest BCUT2D eigenvalue weighted by atomic mass is 9.96. The molecule has 1 unspecified atom stereocenters. The van der Waals surface area contributed by atoms with E-state index in [4.69, 9.17) is 0 Å². The fourth-order valence-corrected chi connectivity index (χ4v) is 2.59. The van der Waals surface area contributed by atoms with Gasteiger partial charge in [0.1, 0.15) is 5.82 Å². The molecule has 1 N–H and O–H groups in total. The summed E-state index contributed by atoms with van der Waals surface area (Å²) in [4.78, 5) is 4.16. The minimum absolute atomic E-state index is 0.104. The summed E-state index contributed by atoms with van der Waals surface area (Å²) in [6.45, 7) is 4.80. The Morgan fingerprint density at radius 2 is 2.14 bits per heavy atom. The van der Waals surface area contributed by atoms with Crippen LogP contribution >= 0.6 is 0 Å². The number of hydrogen-bond acceptors (Lipinski definition) is 3. The van der Waals surface area contributed by atoms with Crippen LogP contribution in [0.4, 0.5) is 4.39 Å². The van der Waals surface area contributed by atoms with Crippen molar-refractivity contribution in [2.45, 2.75) is 19.9 Å². The summed E-state index contributed by atoms with van der Waals surface area (Å²) in [5.41, 5.74) is 3.90. The first kappa shape index (κ1) is 13.7. The highest BCUT2D eigenvalue weighted by molar-refractivity contribution is 5.56. The maximum Gasteiger partial charge on any atom is 0.123 e. The second-order valence-corrected chi connectivity index (χ2v) is 5.00. The first-order chi connectivity index (χ1) is 10.2. The molecular formula is C16H17FN4. The van der Waals surface area contributed by atoms with Gasteiger partial charge in [0.05, 0.1) is 24.0 Å². The SMILES string of the molecule is CCNC(c1cc(F)ccc1C)c1cnn2ccncc12. The Balaban J connectivity index is 2.15. The van der Waals surface area contributed by atoms with Crippen LogP contribution < -0.4 is 5.32 Å². The molecule has 1 aromatic carbocycles. The number of benzene rings is 1. The highest BCUT2D eigenvalue weighted by Crippen LogP contribution is 2.28. The predicted octanol–water partition coefficient (Wildman–Crippen LogP) is 2.88. The lowest BCUT2D eigenvalue weighted by molar-refractivity contribution is 0.602. The van der Waals surface area contributed by atoms with Crippen molar-refractivity contribution in [2.75, 3.05) is 6.54 Å². The molecule has 0 amide bonds. The second-order valence-electron chi connectivity index (χ2n) is 5.00. The van der Waals surface area contributed by atoms with E-state index in [0.717, 1.165) is 28.8 Å². The van der Waals surface area contributed by atoms with Crippen molar-refractivity contribution in [3.63, 3.8) is 0 Å². The van der Waals surface area contributed by atoms with Gasteiger partial charge in [0, 0.05) is 18.0 Å². The van der Waals surface area contributed by atoms with Crippen LogP contribution in [-0.2, 0) is 0 Å². The average Bonchev–Trinajstić information content (AvgIpc) is 2.91. The van der Waals surface area contributed by atoms with Gasteiger partial charge in [0.25, 0.3) is 0 Å². The van der Waals surface area contributed by atoms with Crippen molar-refractivity contribution < 1.29 is 4.39 Å². The number of hydrogen-bond donors (Lipinski definition) is 1. The van der Waals surface area contributed by atoms with E-state index in [2.05, 4.69) is 15.4 Å². The summed E-state index contributed by atoms with van der Waals surface area (Å²) in [5.74, 6) is -0.229. The largest absolute Gasteiger partial charge is 0.306 e. The number of fused-ring (bicyclic) bond motifs is 1. The fraction of sp³-hybridized carbons (Fsp3) is 0.250. The zero-order valence-corrected chi connectivity index (χ0v) is 12.0. The molecule has 0 saturated carbocycles. The molecule has 0 aliphatic carbocycles. The molecule has 0 fully saturated rings. The molecule has 3 rings (SSSR count). The predicted molar refractivity (Wildman–Crippen MR) is 79.6 cm³/mol. The van der Waals surface area contributed by atoms with Gasteiger partial charge in [-0.15, -0.1) is 0 Å². The minimum Gasteiger partial charge on any atom is -0.306 e. The number of aryl methyl sites for hydroxylation is 1. The second kappa shape index (κ2) is 5.61. The Morgan fingerprint density at radius 3 is 2.95 bits per heavy atom. The molecule has 0 radical (unpaired) electrons. The van der Waals surface area contributed by atoms with E-state index in [-0.39, 0.29) is 11.9 Å². The van der Waals surface area contributed by atoms with Crippen molar-refractivity contribution in [1.82, 2.24) is 19.9 Å². The third-order valence-electron chi connectivity index (χ3n) is 3.63. The molecule has 1 atom stereocenters. The third-order valence-corrected chi connectivity index (χ3v) is 3.63. The number of halogens is 1. The molecular weight excluding hydrogens is 267 g/mol. The molecule has 108 valence electrons. The van der Waals surface area contributed by atoms with Crippen molar-refractivity contribution in [1.29, 1.82) is 0 Å². The average molecular weight is 284 g/mol. The molecule has 0 spiro atoms. The van der Waals surface area contributed by atoms with E-state index in [1.807, 2.05) is 20.0 Å². The van der Waals surface area contributed by atoms with Crippen LogP contribution in [0.5, 0.6) is 0 Å². The van der Waals surface area contributed by atoms with E-state index < -0.39 is 0 Å². The molecule has 0 saturated heterocycles. The lowest BCUT2D eigenvalue weighted by Crippen LogP contribution is -2.22. The van der Waals surface area contributed by atoms with Gasteiger partial charge < -0.3 is 5.32 Å². The zero-order chi connectivity index (χ0) is 14.8. The summed E-state index contributed by atoms with van der Waals surface area (Å²) in [7, 11) is 0. The van der Waals surface area contributed by atoms with Gasteiger partial charge in [-0.2, -0.15) is 5.10 Å². The van der Waals surface area contributed by atoms with Crippen LogP contribution in [-0.4, -0.2) is 21.1 Å². The van der Waals surface area contributed by atoms with E-state index in [1.54, 1.807) is 35.2 Å². The number of nitrogens with one attached hydrogen (secondary N) is 1. The monoisotopic (exact) mass is 284 g/mol. The van der Waals surface area contributed by atoms with E-state index >= 15 is 0 Å². The Bertz CT molecular complexity index is 766. The Kier molecular flexibility index (Phi) is 3.66. The van der Waals surface area contributed by atoms with Gasteiger partial charge in [-0.05, 0) is 36.7 Å². The van der Waals surface area contributed by atoms with Crippen molar-refractivity contribution in [2.24, 2.45) is 0 Å². The van der Waals surface area contributed by atoms with E-state index in [0.29, 0.717) is 0 Å². The molecule has 0 bridgehead atoms. The van der Waals surface area contributed by atoms with Gasteiger partial charge >= 0.3 is 0 Å². The summed E-state index contributed by atoms with van der Waals surface area (Å²) in [6, 6.07) is 4.77. The van der Waals surface area contributed by atoms with E-state index in [1.165, 1.54) is 6.07 Å². The smallest absolute Gasteiger partial charge is 0.123 e. The summed E-state index contributed by atoms with van der Waals surface area (Å²) in [6.07, 6.45) is 7.09. The third kappa shape index (κ3) is 2.52. The van der Waals surface area contributed by atoms with Gasteiger partial charge in [-0.3, -0.25) is 4.98 Å². The summed E-state index contributed by atoms with van der Waals surface area (Å²) < 4.78 is 15.4. The Labute approximate surface area is 122 Å². The lowest BCUT2D eigenvalue weighted by Gasteiger charge is -2.19. The maximum absolute atomic E-state index is 13.6. The standard InChI is InChI=1S/C16H17FN4/c1-3-19-16(13-8-12(17)5-4-11(13)2)14-9-20-21-7-6-18-10-15(14)21/h4-10,16,19H,3H2,1-2H3. The highest BCUT2D eigenvalue weighted by Gasteiger charge is 2.20. The summed E-state index contributed by atoms with van der Waals surface area (Å²) in [5, 5.41) is 7.76. The molecule has 5 heteroatoms. The minimum atomic E-state index is -0.229. The van der Waals surface area contributed by atoms with Gasteiger partial charge in [0.2, 0.25) is 0 Å². The Hall–Kier alpha value is -2.27. The maximum atomic E-state index is 13.6. The topological polar surface area (TPSA) is 42.2 Å². The molecule has 21 heavy (non-hydrogen) atoms. The quantitative estimate of drug-likeness (QED) is 0.801. The van der Waals surface area contributed by atoms with Gasteiger partial charge in [0.15, 0.2) is 0 Å². The van der Waals surface area contributed by atoms with E-state index in [9.17, 15) is 4.39 Å². The molecule has 0 aliphatic heterocycles. The number of rotatable bonds is 4. The van der Waals surface area contributed by atoms with Crippen LogP contribution in [0.3, 0.4) is 0 Å². The van der Waals surface area contributed by atoms with Crippen LogP contribution in [0.15, 0.2) is 43.0 Å². The number of aromatic nitrogens is 3. The number of nitrogens with zero attached hydrogens (tertiary/aromatic N) is 3.